The van der Waals surface area contributed by atoms with E-state index in [1.165, 1.54) is 12.8 Å². The van der Waals surface area contributed by atoms with Crippen molar-refractivity contribution >= 4 is 39.0 Å². The molecular weight excluding hydrogens is 430 g/mol. The van der Waals surface area contributed by atoms with Crippen LogP contribution >= 0.6 is 27.5 Å². The Balaban J connectivity index is 1.86. The van der Waals surface area contributed by atoms with Gasteiger partial charge < -0.3 is 14.2 Å². The lowest BCUT2D eigenvalue weighted by Crippen LogP contribution is -2.35. The standard InChI is InChI=1S/C20H23BrClN3O2/c1-3-15(12-6-7-12)25-11-17(22)23-19(20(25)26)24-8-4-5-13-9-14(21)10-16(27-2)18(13)24/h9-12,15H,3-8H2,1-2H3/t15-/m1/s1. The first-order chi connectivity index (χ1) is 13.0. The summed E-state index contributed by atoms with van der Waals surface area (Å²) in [5, 5.41) is 0.354. The molecule has 1 atom stereocenters. The van der Waals surface area contributed by atoms with Crippen molar-refractivity contribution in [2.75, 3.05) is 18.6 Å². The molecule has 0 unspecified atom stereocenters. The molecule has 5 nitrogen and oxygen atoms in total. The second kappa shape index (κ2) is 7.47. The van der Waals surface area contributed by atoms with E-state index in [0.717, 1.165) is 40.7 Å². The maximum absolute atomic E-state index is 13.4. The van der Waals surface area contributed by atoms with Crippen molar-refractivity contribution in [1.82, 2.24) is 9.55 Å². The normalized spacial score (nSPS) is 17.6. The van der Waals surface area contributed by atoms with Crippen molar-refractivity contribution < 1.29 is 4.74 Å². The summed E-state index contributed by atoms with van der Waals surface area (Å²) < 4.78 is 8.40. The number of fused-ring (bicyclic) bond motifs is 1. The number of methoxy groups -OCH3 is 1. The zero-order valence-electron chi connectivity index (χ0n) is 15.5. The van der Waals surface area contributed by atoms with Gasteiger partial charge in [-0.2, -0.15) is 0 Å². The second-order valence-corrected chi connectivity index (χ2v) is 8.59. The van der Waals surface area contributed by atoms with Gasteiger partial charge in [0.2, 0.25) is 5.82 Å². The number of halogens is 2. The fourth-order valence-corrected chi connectivity index (χ4v) is 4.83. The van der Waals surface area contributed by atoms with Crippen molar-refractivity contribution in [3.8, 4) is 5.75 Å². The molecule has 1 aromatic heterocycles. The van der Waals surface area contributed by atoms with Crippen molar-refractivity contribution in [3.63, 3.8) is 0 Å². The van der Waals surface area contributed by atoms with Crippen LogP contribution in [0.15, 0.2) is 27.6 Å². The van der Waals surface area contributed by atoms with Crippen LogP contribution in [0.1, 0.15) is 44.2 Å². The molecule has 1 aromatic carbocycles. The lowest BCUT2D eigenvalue weighted by Gasteiger charge is -2.32. The Morgan fingerprint density at radius 1 is 1.41 bits per heavy atom. The molecule has 0 N–H and O–H groups in total. The van der Waals surface area contributed by atoms with Crippen LogP contribution in [0.4, 0.5) is 11.5 Å². The Hall–Kier alpha value is -1.53. The van der Waals surface area contributed by atoms with Crippen LogP contribution in [-0.4, -0.2) is 23.2 Å². The molecule has 144 valence electrons. The highest BCUT2D eigenvalue weighted by Crippen LogP contribution is 2.43. The Morgan fingerprint density at radius 3 is 2.85 bits per heavy atom. The second-order valence-electron chi connectivity index (χ2n) is 7.28. The first-order valence-electron chi connectivity index (χ1n) is 9.46. The van der Waals surface area contributed by atoms with Crippen LogP contribution in [0.3, 0.4) is 0 Å². The molecule has 0 spiro atoms. The molecule has 2 heterocycles. The van der Waals surface area contributed by atoms with Gasteiger partial charge in [0.25, 0.3) is 5.56 Å². The third-order valence-electron chi connectivity index (χ3n) is 5.52. The number of rotatable bonds is 5. The van der Waals surface area contributed by atoms with Gasteiger partial charge in [0.05, 0.1) is 12.8 Å². The van der Waals surface area contributed by atoms with Gasteiger partial charge in [0, 0.05) is 23.3 Å². The average molecular weight is 453 g/mol. The number of aryl methyl sites for hydroxylation is 1. The highest BCUT2D eigenvalue weighted by Gasteiger charge is 2.34. The van der Waals surface area contributed by atoms with Crippen molar-refractivity contribution in [3.05, 3.63) is 43.9 Å². The van der Waals surface area contributed by atoms with E-state index in [-0.39, 0.29) is 11.6 Å². The summed E-state index contributed by atoms with van der Waals surface area (Å²) in [6.45, 7) is 2.84. The summed E-state index contributed by atoms with van der Waals surface area (Å²) in [5.41, 5.74) is 2.00. The molecule has 0 saturated heterocycles. The predicted molar refractivity (Wildman–Crippen MR) is 112 cm³/mol. The van der Waals surface area contributed by atoms with Crippen LogP contribution in [0, 0.1) is 5.92 Å². The Morgan fingerprint density at radius 2 is 2.19 bits per heavy atom. The topological polar surface area (TPSA) is 47.4 Å². The molecule has 0 radical (unpaired) electrons. The summed E-state index contributed by atoms with van der Waals surface area (Å²) in [7, 11) is 1.65. The van der Waals surface area contributed by atoms with Crippen LogP contribution in [0.5, 0.6) is 5.75 Å². The number of anilines is 2. The molecule has 7 heteroatoms. The zero-order chi connectivity index (χ0) is 19.1. The highest BCUT2D eigenvalue weighted by atomic mass is 79.9. The molecule has 1 aliphatic carbocycles. The van der Waals surface area contributed by atoms with E-state index in [2.05, 4.69) is 33.9 Å². The molecule has 4 rings (SSSR count). The third-order valence-corrected chi connectivity index (χ3v) is 6.16. The monoisotopic (exact) mass is 451 g/mol. The number of hydrogen-bond donors (Lipinski definition) is 0. The Bertz CT molecular complexity index is 909. The highest BCUT2D eigenvalue weighted by molar-refractivity contribution is 9.10. The minimum Gasteiger partial charge on any atom is -0.495 e. The molecular formula is C20H23BrClN3O2. The minimum absolute atomic E-state index is 0.0732. The Labute approximate surface area is 172 Å². The number of nitrogens with zero attached hydrogens (tertiary/aromatic N) is 3. The molecule has 0 bridgehead atoms. The van der Waals surface area contributed by atoms with Gasteiger partial charge in [-0.05, 0) is 55.7 Å². The first kappa shape index (κ1) is 18.8. The van der Waals surface area contributed by atoms with Crippen molar-refractivity contribution in [2.45, 2.75) is 45.1 Å². The fourth-order valence-electron chi connectivity index (χ4n) is 4.16. The van der Waals surface area contributed by atoms with Crippen molar-refractivity contribution in [2.24, 2.45) is 5.92 Å². The van der Waals surface area contributed by atoms with E-state index in [0.29, 0.717) is 23.4 Å². The summed E-state index contributed by atoms with van der Waals surface area (Å²) in [5.74, 6) is 1.70. The number of hydrogen-bond acceptors (Lipinski definition) is 4. The first-order valence-corrected chi connectivity index (χ1v) is 10.6. The molecule has 1 saturated carbocycles. The largest absolute Gasteiger partial charge is 0.495 e. The van der Waals surface area contributed by atoms with Crippen LogP contribution < -0.4 is 15.2 Å². The molecule has 0 amide bonds. The fraction of sp³-hybridized carbons (Fsp3) is 0.500. The summed E-state index contributed by atoms with van der Waals surface area (Å²) >= 11 is 9.90. The molecule has 2 aromatic rings. The predicted octanol–water partition coefficient (Wildman–Crippen LogP) is 5.11. The van der Waals surface area contributed by atoms with E-state index in [1.54, 1.807) is 13.3 Å². The van der Waals surface area contributed by atoms with Gasteiger partial charge in [-0.3, -0.25) is 4.79 Å². The van der Waals surface area contributed by atoms with E-state index in [4.69, 9.17) is 16.3 Å². The van der Waals surface area contributed by atoms with E-state index >= 15 is 0 Å². The third kappa shape index (κ3) is 3.49. The maximum Gasteiger partial charge on any atom is 0.294 e. The van der Waals surface area contributed by atoms with Gasteiger partial charge in [0.15, 0.2) is 0 Å². The zero-order valence-corrected chi connectivity index (χ0v) is 17.9. The van der Waals surface area contributed by atoms with Gasteiger partial charge in [-0.15, -0.1) is 0 Å². The summed E-state index contributed by atoms with van der Waals surface area (Å²) in [4.78, 5) is 19.8. The van der Waals surface area contributed by atoms with Gasteiger partial charge in [0.1, 0.15) is 10.9 Å². The summed E-state index contributed by atoms with van der Waals surface area (Å²) in [6, 6.07) is 4.21. The van der Waals surface area contributed by atoms with Crippen LogP contribution in [0.25, 0.3) is 0 Å². The number of ether oxygens (including phenoxy) is 1. The minimum atomic E-state index is -0.0732. The van der Waals surface area contributed by atoms with Gasteiger partial charge in [-0.1, -0.05) is 34.5 Å². The number of aromatic nitrogens is 2. The van der Waals surface area contributed by atoms with E-state index in [1.807, 2.05) is 15.5 Å². The number of benzene rings is 1. The van der Waals surface area contributed by atoms with E-state index in [9.17, 15) is 4.79 Å². The lowest BCUT2D eigenvalue weighted by atomic mass is 10.0. The Kier molecular flexibility index (Phi) is 5.21. The summed E-state index contributed by atoms with van der Waals surface area (Å²) in [6.07, 6.45) is 6.85. The molecule has 27 heavy (non-hydrogen) atoms. The van der Waals surface area contributed by atoms with Crippen LogP contribution in [0.2, 0.25) is 5.15 Å². The SMILES string of the molecule is CC[C@H](C1CC1)n1cc(Cl)nc(N2CCCc3cc(Br)cc(OC)c32)c1=O. The lowest BCUT2D eigenvalue weighted by molar-refractivity contribution is 0.412. The van der Waals surface area contributed by atoms with Gasteiger partial charge in [-0.25, -0.2) is 4.98 Å². The average Bonchev–Trinajstić information content (AvgIpc) is 3.48. The maximum atomic E-state index is 13.4. The van der Waals surface area contributed by atoms with E-state index < -0.39 is 0 Å². The molecule has 1 aliphatic heterocycles. The van der Waals surface area contributed by atoms with Crippen LogP contribution in [-0.2, 0) is 6.42 Å². The quantitative estimate of drug-likeness (QED) is 0.632. The van der Waals surface area contributed by atoms with Crippen molar-refractivity contribution in [1.29, 1.82) is 0 Å². The molecule has 1 fully saturated rings. The van der Waals surface area contributed by atoms with Gasteiger partial charge >= 0.3 is 0 Å². The smallest absolute Gasteiger partial charge is 0.294 e. The molecule has 2 aliphatic rings.